The molecule has 0 fully saturated rings. The second-order valence-corrected chi connectivity index (χ2v) is 6.88. The van der Waals surface area contributed by atoms with Gasteiger partial charge in [-0.15, -0.1) is 0 Å². The smallest absolute Gasteiger partial charge is 0.258 e. The molecule has 3 nitrogen and oxygen atoms in total. The lowest BCUT2D eigenvalue weighted by atomic mass is 10.0. The largest absolute Gasteiger partial charge is 0.345 e. The first-order valence-corrected chi connectivity index (χ1v) is 9.11. The number of carbonyl (C=O) groups excluding carboxylic acids is 1. The molecule has 1 aliphatic rings. The zero-order chi connectivity index (χ0) is 17.6. The van der Waals surface area contributed by atoms with E-state index in [0.717, 1.165) is 37.2 Å². The van der Waals surface area contributed by atoms with Crippen LogP contribution < -0.4 is 4.90 Å². The summed E-state index contributed by atoms with van der Waals surface area (Å²) in [6, 6.07) is 14.4. The van der Waals surface area contributed by atoms with Crippen molar-refractivity contribution in [1.29, 1.82) is 0 Å². The van der Waals surface area contributed by atoms with Gasteiger partial charge in [-0.05, 0) is 69.0 Å². The van der Waals surface area contributed by atoms with Crippen LogP contribution in [0.5, 0.6) is 0 Å². The first-order valence-electron chi connectivity index (χ1n) is 9.11. The first-order chi connectivity index (χ1) is 12.1. The number of nitrogens with zero attached hydrogens (tertiary/aromatic N) is 2. The average Bonchev–Trinajstić information content (AvgIpc) is 2.90. The number of amides is 1. The van der Waals surface area contributed by atoms with Crippen molar-refractivity contribution >= 4 is 22.5 Å². The van der Waals surface area contributed by atoms with E-state index in [2.05, 4.69) is 55.7 Å². The fraction of sp³-hybridized carbons (Fsp3) is 0.318. The maximum absolute atomic E-state index is 13.2. The molecular formula is C22H24N2O. The summed E-state index contributed by atoms with van der Waals surface area (Å²) in [7, 11) is 0. The summed E-state index contributed by atoms with van der Waals surface area (Å²) in [5.74, 6) is 0.107. The van der Waals surface area contributed by atoms with Crippen molar-refractivity contribution in [2.45, 2.75) is 40.2 Å². The molecule has 0 saturated heterocycles. The lowest BCUT2D eigenvalue weighted by Crippen LogP contribution is -2.35. The predicted molar refractivity (Wildman–Crippen MR) is 104 cm³/mol. The minimum atomic E-state index is 0.107. The quantitative estimate of drug-likeness (QED) is 0.657. The third kappa shape index (κ3) is 2.46. The van der Waals surface area contributed by atoms with E-state index in [1.807, 2.05) is 17.0 Å². The van der Waals surface area contributed by atoms with E-state index in [0.29, 0.717) is 0 Å². The van der Waals surface area contributed by atoms with Crippen molar-refractivity contribution < 1.29 is 4.79 Å². The van der Waals surface area contributed by atoms with Crippen LogP contribution in [0.15, 0.2) is 42.5 Å². The summed E-state index contributed by atoms with van der Waals surface area (Å²) in [6.45, 7) is 8.20. The molecule has 25 heavy (non-hydrogen) atoms. The molecule has 0 N–H and O–H groups in total. The van der Waals surface area contributed by atoms with E-state index in [9.17, 15) is 4.79 Å². The zero-order valence-electron chi connectivity index (χ0n) is 15.2. The molecule has 2 aromatic carbocycles. The number of carbonyl (C=O) groups is 1. The Morgan fingerprint density at radius 2 is 1.92 bits per heavy atom. The molecular weight excluding hydrogens is 308 g/mol. The lowest BCUT2D eigenvalue weighted by molar-refractivity contribution is 0.0985. The normalized spacial score (nSPS) is 14.0. The van der Waals surface area contributed by atoms with Gasteiger partial charge in [-0.3, -0.25) is 4.79 Å². The molecule has 3 aromatic rings. The fourth-order valence-corrected chi connectivity index (χ4v) is 4.09. The highest BCUT2D eigenvalue weighted by atomic mass is 16.2. The van der Waals surface area contributed by atoms with Crippen molar-refractivity contribution in [2.24, 2.45) is 0 Å². The highest BCUT2D eigenvalue weighted by Crippen LogP contribution is 2.30. The molecule has 0 atom stereocenters. The van der Waals surface area contributed by atoms with Gasteiger partial charge in [0.25, 0.3) is 5.91 Å². The van der Waals surface area contributed by atoms with Gasteiger partial charge in [0.05, 0.1) is 0 Å². The highest BCUT2D eigenvalue weighted by molar-refractivity contribution is 6.08. The first kappa shape index (κ1) is 15.9. The van der Waals surface area contributed by atoms with Crippen molar-refractivity contribution in [1.82, 2.24) is 4.57 Å². The third-order valence-corrected chi connectivity index (χ3v) is 5.56. The van der Waals surface area contributed by atoms with E-state index in [1.54, 1.807) is 0 Å². The Hall–Kier alpha value is -2.55. The van der Waals surface area contributed by atoms with Crippen LogP contribution in [0, 0.1) is 13.8 Å². The van der Waals surface area contributed by atoms with Crippen molar-refractivity contribution in [3.8, 4) is 0 Å². The van der Waals surface area contributed by atoms with Crippen LogP contribution in [0.25, 0.3) is 10.9 Å². The zero-order valence-corrected chi connectivity index (χ0v) is 15.2. The molecule has 0 bridgehead atoms. The molecule has 0 saturated carbocycles. The molecule has 4 rings (SSSR count). The number of rotatable bonds is 2. The van der Waals surface area contributed by atoms with E-state index in [1.165, 1.54) is 27.7 Å². The van der Waals surface area contributed by atoms with Gasteiger partial charge in [0.1, 0.15) is 0 Å². The standard InChI is InChI=1S/C22H24N2O/c1-4-23-16(3)15(2)19-14-18(11-12-21(19)23)22(25)24-13-7-9-17-8-5-6-10-20(17)24/h5-6,8,10-12,14H,4,7,9,13H2,1-3H3. The fourth-order valence-electron chi connectivity index (χ4n) is 4.09. The SMILES string of the molecule is CCn1c(C)c(C)c2cc(C(=O)N3CCCc4ccccc43)ccc21. The predicted octanol–water partition coefficient (Wildman–Crippen LogP) is 4.87. The van der Waals surface area contributed by atoms with Gasteiger partial charge in [-0.2, -0.15) is 0 Å². The van der Waals surface area contributed by atoms with Gasteiger partial charge in [0.2, 0.25) is 0 Å². The number of fused-ring (bicyclic) bond motifs is 2. The molecule has 1 aromatic heterocycles. The lowest BCUT2D eigenvalue weighted by Gasteiger charge is -2.29. The van der Waals surface area contributed by atoms with Gasteiger partial charge in [0.15, 0.2) is 0 Å². The molecule has 128 valence electrons. The summed E-state index contributed by atoms with van der Waals surface area (Å²) in [4.78, 5) is 15.1. The topological polar surface area (TPSA) is 25.2 Å². The molecule has 0 radical (unpaired) electrons. The average molecular weight is 332 g/mol. The van der Waals surface area contributed by atoms with Crippen LogP contribution in [0.1, 0.15) is 40.5 Å². The highest BCUT2D eigenvalue weighted by Gasteiger charge is 2.24. The third-order valence-electron chi connectivity index (χ3n) is 5.56. The van der Waals surface area contributed by atoms with Crippen molar-refractivity contribution in [3.63, 3.8) is 0 Å². The van der Waals surface area contributed by atoms with Gasteiger partial charge >= 0.3 is 0 Å². The number of benzene rings is 2. The Morgan fingerprint density at radius 1 is 1.12 bits per heavy atom. The summed E-state index contributed by atoms with van der Waals surface area (Å²) >= 11 is 0. The maximum atomic E-state index is 13.2. The molecule has 2 heterocycles. The number of hydrogen-bond donors (Lipinski definition) is 0. The van der Waals surface area contributed by atoms with Crippen molar-refractivity contribution in [3.05, 3.63) is 64.8 Å². The van der Waals surface area contributed by atoms with Crippen LogP contribution in [0.2, 0.25) is 0 Å². The number of anilines is 1. The summed E-state index contributed by atoms with van der Waals surface area (Å²) in [5, 5.41) is 1.19. The van der Waals surface area contributed by atoms with Crippen LogP contribution in [-0.2, 0) is 13.0 Å². The Morgan fingerprint density at radius 3 is 2.72 bits per heavy atom. The monoisotopic (exact) mass is 332 g/mol. The Balaban J connectivity index is 1.78. The van der Waals surface area contributed by atoms with E-state index >= 15 is 0 Å². The van der Waals surface area contributed by atoms with E-state index < -0.39 is 0 Å². The molecule has 3 heteroatoms. The molecule has 0 spiro atoms. The Bertz CT molecular complexity index is 968. The Kier molecular flexibility index (Phi) is 3.87. The molecule has 1 aliphatic heterocycles. The number of para-hydroxylation sites is 1. The minimum absolute atomic E-state index is 0.107. The van der Waals surface area contributed by atoms with Gasteiger partial charge in [0, 0.05) is 40.9 Å². The summed E-state index contributed by atoms with van der Waals surface area (Å²) in [5.41, 5.74) is 6.88. The molecule has 1 amide bonds. The van der Waals surface area contributed by atoms with Crippen molar-refractivity contribution in [2.75, 3.05) is 11.4 Å². The van der Waals surface area contributed by atoms with E-state index in [-0.39, 0.29) is 5.91 Å². The van der Waals surface area contributed by atoms with Crippen LogP contribution >= 0.6 is 0 Å². The number of aryl methyl sites for hydroxylation is 3. The minimum Gasteiger partial charge on any atom is -0.345 e. The van der Waals surface area contributed by atoms with Crippen LogP contribution in [-0.4, -0.2) is 17.0 Å². The molecule has 0 unspecified atom stereocenters. The number of hydrogen-bond acceptors (Lipinski definition) is 1. The maximum Gasteiger partial charge on any atom is 0.258 e. The Labute approximate surface area is 148 Å². The van der Waals surface area contributed by atoms with Gasteiger partial charge in [-0.25, -0.2) is 0 Å². The van der Waals surface area contributed by atoms with Gasteiger partial charge < -0.3 is 9.47 Å². The second-order valence-electron chi connectivity index (χ2n) is 6.88. The van der Waals surface area contributed by atoms with E-state index in [4.69, 9.17) is 0 Å². The van der Waals surface area contributed by atoms with Crippen LogP contribution in [0.3, 0.4) is 0 Å². The van der Waals surface area contributed by atoms with Crippen LogP contribution in [0.4, 0.5) is 5.69 Å². The summed E-state index contributed by atoms with van der Waals surface area (Å²) < 4.78 is 2.31. The number of aromatic nitrogens is 1. The van der Waals surface area contributed by atoms with Gasteiger partial charge in [-0.1, -0.05) is 18.2 Å². The second kappa shape index (κ2) is 6.07. The summed E-state index contributed by atoms with van der Waals surface area (Å²) in [6.07, 6.45) is 2.08. The molecule has 0 aliphatic carbocycles.